The van der Waals surface area contributed by atoms with E-state index in [1.165, 1.54) is 4.57 Å². The monoisotopic (exact) mass is 388 g/mol. The predicted molar refractivity (Wildman–Crippen MR) is 100.0 cm³/mol. The minimum absolute atomic E-state index is 0.0217. The number of carbonyl (C=O) groups is 1. The number of likely N-dealkylation sites (tertiary alicyclic amines) is 1. The van der Waals surface area contributed by atoms with Crippen molar-refractivity contribution in [2.75, 3.05) is 18.8 Å². The van der Waals surface area contributed by atoms with Crippen molar-refractivity contribution in [3.8, 4) is 5.88 Å². The van der Waals surface area contributed by atoms with Crippen molar-refractivity contribution in [3.63, 3.8) is 0 Å². The van der Waals surface area contributed by atoms with Crippen LogP contribution in [0.15, 0.2) is 39.0 Å². The van der Waals surface area contributed by atoms with Gasteiger partial charge in [0, 0.05) is 44.4 Å². The first-order chi connectivity index (χ1) is 12.9. The van der Waals surface area contributed by atoms with Crippen molar-refractivity contribution < 1.29 is 9.90 Å². The fourth-order valence-electron chi connectivity index (χ4n) is 3.95. The van der Waals surface area contributed by atoms with E-state index >= 15 is 0 Å². The Balaban J connectivity index is 1.47. The Labute approximate surface area is 159 Å². The van der Waals surface area contributed by atoms with Crippen molar-refractivity contribution in [2.24, 2.45) is 13.0 Å². The Morgan fingerprint density at radius 3 is 2.89 bits per heavy atom. The Morgan fingerprint density at radius 1 is 1.26 bits per heavy atom. The van der Waals surface area contributed by atoms with Gasteiger partial charge in [0.05, 0.1) is 11.8 Å². The second-order valence-corrected chi connectivity index (χ2v) is 8.02. The van der Waals surface area contributed by atoms with E-state index in [0.717, 1.165) is 29.9 Å². The molecule has 27 heavy (non-hydrogen) atoms. The SMILES string of the molecule is Cn1c(SCC(=O)N2C[C@@H]3C[C@H](C2)c2cccc(=O)n2C3)nc(O)cc1=O. The molecule has 0 aliphatic carbocycles. The molecule has 2 aromatic rings. The summed E-state index contributed by atoms with van der Waals surface area (Å²) < 4.78 is 3.15. The number of aromatic nitrogens is 3. The number of hydrogen-bond acceptors (Lipinski definition) is 6. The summed E-state index contributed by atoms with van der Waals surface area (Å²) in [5, 5.41) is 9.80. The summed E-state index contributed by atoms with van der Waals surface area (Å²) in [5.41, 5.74) is 0.654. The zero-order chi connectivity index (χ0) is 19.1. The number of amides is 1. The second-order valence-electron chi connectivity index (χ2n) is 7.08. The lowest BCUT2D eigenvalue weighted by Crippen LogP contribution is -2.49. The molecule has 1 amide bonds. The van der Waals surface area contributed by atoms with Gasteiger partial charge in [0.25, 0.3) is 11.1 Å². The molecule has 0 spiro atoms. The molecule has 2 bridgehead atoms. The molecule has 0 unspecified atom stereocenters. The van der Waals surface area contributed by atoms with Gasteiger partial charge in [-0.3, -0.25) is 19.0 Å². The Bertz CT molecular complexity index is 1020. The van der Waals surface area contributed by atoms with Gasteiger partial charge in [-0.2, -0.15) is 4.98 Å². The Kier molecular flexibility index (Phi) is 4.55. The van der Waals surface area contributed by atoms with E-state index in [-0.39, 0.29) is 40.5 Å². The van der Waals surface area contributed by atoms with E-state index in [1.807, 2.05) is 15.5 Å². The van der Waals surface area contributed by atoms with Gasteiger partial charge in [0.15, 0.2) is 5.16 Å². The third-order valence-electron chi connectivity index (χ3n) is 5.24. The molecule has 1 fully saturated rings. The lowest BCUT2D eigenvalue weighted by atomic mass is 9.83. The predicted octanol–water partition coefficient (Wildman–Crippen LogP) is 0.386. The number of pyridine rings is 1. The average molecular weight is 388 g/mol. The van der Waals surface area contributed by atoms with Gasteiger partial charge in [-0.15, -0.1) is 0 Å². The molecule has 2 atom stereocenters. The van der Waals surface area contributed by atoms with Crippen LogP contribution in [0.2, 0.25) is 0 Å². The quantitative estimate of drug-likeness (QED) is 0.603. The third kappa shape index (κ3) is 3.39. The van der Waals surface area contributed by atoms with Crippen LogP contribution in [0.5, 0.6) is 5.88 Å². The van der Waals surface area contributed by atoms with E-state index in [1.54, 1.807) is 19.2 Å². The minimum atomic E-state index is -0.369. The van der Waals surface area contributed by atoms with E-state index < -0.39 is 0 Å². The number of fused-ring (bicyclic) bond motifs is 4. The highest BCUT2D eigenvalue weighted by molar-refractivity contribution is 7.99. The van der Waals surface area contributed by atoms with Crippen LogP contribution >= 0.6 is 11.8 Å². The number of thioether (sulfide) groups is 1. The molecule has 2 aromatic heterocycles. The number of nitrogens with zero attached hydrogens (tertiary/aromatic N) is 4. The lowest BCUT2D eigenvalue weighted by molar-refractivity contribution is -0.131. The first kappa shape index (κ1) is 17.8. The number of carbonyl (C=O) groups excluding carboxylic acids is 1. The zero-order valence-electron chi connectivity index (χ0n) is 14.9. The number of aromatic hydroxyl groups is 1. The maximum absolute atomic E-state index is 12.7. The molecule has 1 N–H and O–H groups in total. The Hall–Kier alpha value is -2.55. The Morgan fingerprint density at radius 2 is 2.07 bits per heavy atom. The molecule has 0 radical (unpaired) electrons. The third-order valence-corrected chi connectivity index (χ3v) is 6.25. The van der Waals surface area contributed by atoms with Crippen molar-refractivity contribution in [3.05, 3.63) is 50.7 Å². The van der Waals surface area contributed by atoms with E-state index in [2.05, 4.69) is 4.98 Å². The van der Waals surface area contributed by atoms with Crippen LogP contribution in [0.4, 0.5) is 0 Å². The number of piperidine rings is 1. The van der Waals surface area contributed by atoms with Crippen molar-refractivity contribution in [1.29, 1.82) is 0 Å². The second kappa shape index (κ2) is 6.88. The van der Waals surface area contributed by atoms with Gasteiger partial charge in [-0.25, -0.2) is 0 Å². The highest BCUT2D eigenvalue weighted by atomic mass is 32.2. The topological polar surface area (TPSA) is 97.4 Å². The highest BCUT2D eigenvalue weighted by Crippen LogP contribution is 2.35. The molecule has 0 aromatic carbocycles. The molecular formula is C18H20N4O4S. The van der Waals surface area contributed by atoms with Crippen molar-refractivity contribution in [2.45, 2.75) is 24.0 Å². The van der Waals surface area contributed by atoms with Crippen LogP contribution in [0.3, 0.4) is 0 Å². The summed E-state index contributed by atoms with van der Waals surface area (Å²) in [6.45, 7) is 1.86. The molecule has 8 nitrogen and oxygen atoms in total. The van der Waals surface area contributed by atoms with Gasteiger partial charge in [-0.1, -0.05) is 17.8 Å². The normalized spacial score (nSPS) is 21.0. The largest absolute Gasteiger partial charge is 0.493 e. The molecule has 2 aliphatic heterocycles. The fraction of sp³-hybridized carbons (Fsp3) is 0.444. The van der Waals surface area contributed by atoms with Crippen LogP contribution in [-0.4, -0.2) is 48.9 Å². The summed E-state index contributed by atoms with van der Waals surface area (Å²) in [7, 11) is 1.56. The van der Waals surface area contributed by atoms with Crippen LogP contribution in [-0.2, 0) is 18.4 Å². The first-order valence-electron chi connectivity index (χ1n) is 8.79. The molecule has 1 saturated heterocycles. The van der Waals surface area contributed by atoms with Crippen molar-refractivity contribution in [1.82, 2.24) is 19.0 Å². The van der Waals surface area contributed by atoms with Gasteiger partial charge in [-0.05, 0) is 18.4 Å². The summed E-state index contributed by atoms with van der Waals surface area (Å²) >= 11 is 1.14. The van der Waals surface area contributed by atoms with Gasteiger partial charge in [0.2, 0.25) is 11.8 Å². The summed E-state index contributed by atoms with van der Waals surface area (Å²) in [5.74, 6) is 0.212. The minimum Gasteiger partial charge on any atom is -0.493 e. The van der Waals surface area contributed by atoms with E-state index in [4.69, 9.17) is 0 Å². The van der Waals surface area contributed by atoms with Gasteiger partial charge < -0.3 is 14.6 Å². The highest BCUT2D eigenvalue weighted by Gasteiger charge is 2.36. The lowest BCUT2D eigenvalue weighted by Gasteiger charge is -2.42. The standard InChI is InChI=1S/C18H20N4O4S/c1-20-16(25)6-14(23)19-18(20)27-10-17(26)21-7-11-5-12(9-21)13-3-2-4-15(24)22(13)8-11/h2-4,6,11-12,23H,5,7-10H2,1H3/t11-,12+/m0/s1. The molecule has 2 aliphatic rings. The number of hydrogen-bond donors (Lipinski definition) is 1. The maximum Gasteiger partial charge on any atom is 0.257 e. The summed E-state index contributed by atoms with van der Waals surface area (Å²) in [4.78, 5) is 42.3. The fourth-order valence-corrected chi connectivity index (χ4v) is 4.83. The molecule has 9 heteroatoms. The van der Waals surface area contributed by atoms with Gasteiger partial charge >= 0.3 is 0 Å². The summed E-state index contributed by atoms with van der Waals surface area (Å²) in [6.07, 6.45) is 0.989. The molecule has 0 saturated carbocycles. The molecule has 4 rings (SSSR count). The van der Waals surface area contributed by atoms with Crippen molar-refractivity contribution >= 4 is 17.7 Å². The maximum atomic E-state index is 12.7. The smallest absolute Gasteiger partial charge is 0.257 e. The zero-order valence-corrected chi connectivity index (χ0v) is 15.7. The first-order valence-corrected chi connectivity index (χ1v) is 9.78. The van der Waals surface area contributed by atoms with E-state index in [9.17, 15) is 19.5 Å². The van der Waals surface area contributed by atoms with Crippen LogP contribution in [0, 0.1) is 5.92 Å². The van der Waals surface area contributed by atoms with E-state index in [0.29, 0.717) is 24.8 Å². The summed E-state index contributed by atoms with van der Waals surface area (Å²) in [6, 6.07) is 6.37. The average Bonchev–Trinajstić information content (AvgIpc) is 2.64. The molecule has 4 heterocycles. The van der Waals surface area contributed by atoms with Crippen LogP contribution in [0.1, 0.15) is 18.0 Å². The number of rotatable bonds is 3. The molecular weight excluding hydrogens is 368 g/mol. The molecule has 142 valence electrons. The van der Waals surface area contributed by atoms with Gasteiger partial charge in [0.1, 0.15) is 0 Å². The van der Waals surface area contributed by atoms with Crippen LogP contribution in [0.25, 0.3) is 0 Å². The van der Waals surface area contributed by atoms with Crippen LogP contribution < -0.4 is 11.1 Å².